The molecule has 86 valence electrons. The maximum atomic E-state index is 11.7. The van der Waals surface area contributed by atoms with Crippen LogP contribution in [0.4, 0.5) is 5.82 Å². The van der Waals surface area contributed by atoms with Gasteiger partial charge in [0.2, 0.25) is 0 Å². The molecular formula is C12H17N3O. The largest absolute Gasteiger partial charge is 0.366 e. The van der Waals surface area contributed by atoms with Crippen molar-refractivity contribution in [1.29, 1.82) is 0 Å². The highest BCUT2D eigenvalue weighted by Crippen LogP contribution is 2.32. The van der Waals surface area contributed by atoms with Gasteiger partial charge >= 0.3 is 0 Å². The number of fused-ring (bicyclic) bond motifs is 1. The van der Waals surface area contributed by atoms with E-state index < -0.39 is 0 Å². The lowest BCUT2D eigenvalue weighted by molar-refractivity contribution is 0.443. The summed E-state index contributed by atoms with van der Waals surface area (Å²) in [6.45, 7) is 3.02. The van der Waals surface area contributed by atoms with Crippen LogP contribution in [0.1, 0.15) is 44.2 Å². The minimum Gasteiger partial charge on any atom is -0.366 e. The smallest absolute Gasteiger partial charge is 0.269 e. The van der Waals surface area contributed by atoms with E-state index in [1.54, 1.807) is 0 Å². The molecule has 0 radical (unpaired) electrons. The van der Waals surface area contributed by atoms with Crippen LogP contribution in [0.3, 0.4) is 0 Å². The number of rotatable bonds is 2. The Labute approximate surface area is 94.7 Å². The van der Waals surface area contributed by atoms with Crippen LogP contribution in [-0.2, 0) is 6.54 Å². The molecule has 1 aromatic rings. The Balaban J connectivity index is 1.98. The van der Waals surface area contributed by atoms with Crippen molar-refractivity contribution in [1.82, 2.24) is 9.55 Å². The van der Waals surface area contributed by atoms with Gasteiger partial charge in [-0.15, -0.1) is 0 Å². The third kappa shape index (κ3) is 1.44. The number of nitrogens with one attached hydrogen (secondary N) is 1. The van der Waals surface area contributed by atoms with Crippen molar-refractivity contribution in [3.63, 3.8) is 0 Å². The van der Waals surface area contributed by atoms with E-state index in [1.165, 1.54) is 25.5 Å². The van der Waals surface area contributed by atoms with Gasteiger partial charge in [0.1, 0.15) is 5.82 Å². The lowest BCUT2D eigenvalue weighted by Gasteiger charge is -2.28. The van der Waals surface area contributed by atoms with Gasteiger partial charge in [0, 0.05) is 18.5 Å². The van der Waals surface area contributed by atoms with Crippen LogP contribution in [0.2, 0.25) is 0 Å². The first kappa shape index (κ1) is 9.87. The van der Waals surface area contributed by atoms with Crippen molar-refractivity contribution in [3.05, 3.63) is 22.2 Å². The third-order valence-corrected chi connectivity index (χ3v) is 3.80. The predicted molar refractivity (Wildman–Crippen MR) is 62.8 cm³/mol. The van der Waals surface area contributed by atoms with Gasteiger partial charge in [0.05, 0.1) is 11.9 Å². The summed E-state index contributed by atoms with van der Waals surface area (Å²) in [4.78, 5) is 15.9. The van der Waals surface area contributed by atoms with E-state index in [4.69, 9.17) is 0 Å². The number of nitrogens with zero attached hydrogens (tertiary/aromatic N) is 2. The third-order valence-electron chi connectivity index (χ3n) is 3.80. The van der Waals surface area contributed by atoms with E-state index in [2.05, 4.69) is 17.2 Å². The molecule has 2 aliphatic rings. The van der Waals surface area contributed by atoms with Crippen molar-refractivity contribution in [3.8, 4) is 0 Å². The number of anilines is 1. The zero-order valence-electron chi connectivity index (χ0n) is 9.57. The Morgan fingerprint density at radius 2 is 2.25 bits per heavy atom. The van der Waals surface area contributed by atoms with Gasteiger partial charge in [-0.3, -0.25) is 4.79 Å². The standard InChI is InChI=1S/C12H17N3O/c1-8-5-6-15-10(16)7-13-12(11(8)15)14-9-3-2-4-9/h7-9,14H,2-6H2,1H3. The van der Waals surface area contributed by atoms with E-state index in [1.807, 2.05) is 4.57 Å². The van der Waals surface area contributed by atoms with Gasteiger partial charge in [0.15, 0.2) is 0 Å². The Morgan fingerprint density at radius 1 is 1.44 bits per heavy atom. The van der Waals surface area contributed by atoms with Crippen molar-refractivity contribution >= 4 is 5.82 Å². The van der Waals surface area contributed by atoms with E-state index in [-0.39, 0.29) is 5.56 Å². The number of hydrogen-bond acceptors (Lipinski definition) is 3. The average molecular weight is 219 g/mol. The molecule has 3 rings (SSSR count). The molecule has 0 amide bonds. The molecule has 1 aliphatic heterocycles. The molecule has 4 nitrogen and oxygen atoms in total. The summed E-state index contributed by atoms with van der Waals surface area (Å²) in [5, 5.41) is 3.47. The highest BCUT2D eigenvalue weighted by molar-refractivity contribution is 5.44. The molecule has 2 heterocycles. The Kier molecular flexibility index (Phi) is 2.23. The van der Waals surface area contributed by atoms with Crippen LogP contribution >= 0.6 is 0 Å². The Bertz CT molecular complexity index is 462. The molecular weight excluding hydrogens is 202 g/mol. The molecule has 16 heavy (non-hydrogen) atoms. The highest BCUT2D eigenvalue weighted by Gasteiger charge is 2.26. The fourth-order valence-corrected chi connectivity index (χ4v) is 2.55. The lowest BCUT2D eigenvalue weighted by atomic mass is 9.93. The van der Waals surface area contributed by atoms with E-state index in [0.29, 0.717) is 12.0 Å². The molecule has 1 N–H and O–H groups in total. The van der Waals surface area contributed by atoms with Gasteiger partial charge in [0.25, 0.3) is 5.56 Å². The topological polar surface area (TPSA) is 46.9 Å². The van der Waals surface area contributed by atoms with Crippen LogP contribution < -0.4 is 10.9 Å². The minimum atomic E-state index is 0.0403. The molecule has 0 saturated heterocycles. The highest BCUT2D eigenvalue weighted by atomic mass is 16.1. The maximum absolute atomic E-state index is 11.7. The monoisotopic (exact) mass is 219 g/mol. The Morgan fingerprint density at radius 3 is 2.94 bits per heavy atom. The quantitative estimate of drug-likeness (QED) is 0.823. The molecule has 1 aliphatic carbocycles. The maximum Gasteiger partial charge on any atom is 0.269 e. The first-order chi connectivity index (χ1) is 7.75. The molecule has 0 bridgehead atoms. The summed E-state index contributed by atoms with van der Waals surface area (Å²) in [6.07, 6.45) is 6.27. The van der Waals surface area contributed by atoms with Gasteiger partial charge in [-0.05, 0) is 25.7 Å². The normalized spacial score (nSPS) is 23.9. The molecule has 4 heteroatoms. The summed E-state index contributed by atoms with van der Waals surface area (Å²) in [5.74, 6) is 1.39. The fourth-order valence-electron chi connectivity index (χ4n) is 2.55. The zero-order chi connectivity index (χ0) is 11.1. The second-order valence-electron chi connectivity index (χ2n) is 4.94. The van der Waals surface area contributed by atoms with E-state index in [9.17, 15) is 4.79 Å². The van der Waals surface area contributed by atoms with E-state index in [0.717, 1.165) is 24.5 Å². The van der Waals surface area contributed by atoms with Crippen LogP contribution in [0.5, 0.6) is 0 Å². The van der Waals surface area contributed by atoms with Crippen LogP contribution in [0.15, 0.2) is 11.0 Å². The van der Waals surface area contributed by atoms with Crippen LogP contribution in [0.25, 0.3) is 0 Å². The molecule has 1 fully saturated rings. The van der Waals surface area contributed by atoms with Gasteiger partial charge in [-0.2, -0.15) is 0 Å². The summed E-state index contributed by atoms with van der Waals surface area (Å²) in [7, 11) is 0. The first-order valence-corrected chi connectivity index (χ1v) is 6.12. The Hall–Kier alpha value is -1.32. The first-order valence-electron chi connectivity index (χ1n) is 6.12. The van der Waals surface area contributed by atoms with Gasteiger partial charge in [-0.1, -0.05) is 6.92 Å². The summed E-state index contributed by atoms with van der Waals surface area (Å²) < 4.78 is 1.87. The number of hydrogen-bond donors (Lipinski definition) is 1. The lowest BCUT2D eigenvalue weighted by Crippen LogP contribution is -2.30. The summed E-state index contributed by atoms with van der Waals surface area (Å²) >= 11 is 0. The number of aromatic nitrogens is 2. The van der Waals surface area contributed by atoms with Gasteiger partial charge in [-0.25, -0.2) is 4.98 Å². The van der Waals surface area contributed by atoms with E-state index >= 15 is 0 Å². The molecule has 0 spiro atoms. The molecule has 1 atom stereocenters. The van der Waals surface area contributed by atoms with Gasteiger partial charge < -0.3 is 9.88 Å². The minimum absolute atomic E-state index is 0.0403. The van der Waals surface area contributed by atoms with Crippen LogP contribution in [-0.4, -0.2) is 15.6 Å². The molecule has 0 aromatic carbocycles. The van der Waals surface area contributed by atoms with Crippen molar-refractivity contribution < 1.29 is 0 Å². The zero-order valence-corrected chi connectivity index (χ0v) is 9.57. The molecule has 1 aromatic heterocycles. The summed E-state index contributed by atoms with van der Waals surface area (Å²) in [5.41, 5.74) is 1.15. The van der Waals surface area contributed by atoms with Crippen molar-refractivity contribution in [2.45, 2.75) is 51.1 Å². The predicted octanol–water partition coefficient (Wildman–Crippen LogP) is 1.71. The molecule has 1 unspecified atom stereocenters. The molecule has 1 saturated carbocycles. The van der Waals surface area contributed by atoms with Crippen LogP contribution in [0, 0.1) is 0 Å². The fraction of sp³-hybridized carbons (Fsp3) is 0.667. The second-order valence-corrected chi connectivity index (χ2v) is 4.94. The van der Waals surface area contributed by atoms with Crippen molar-refractivity contribution in [2.75, 3.05) is 5.32 Å². The van der Waals surface area contributed by atoms with Crippen molar-refractivity contribution in [2.24, 2.45) is 0 Å². The summed E-state index contributed by atoms with van der Waals surface area (Å²) in [6, 6.07) is 0.572. The second kappa shape index (κ2) is 3.61. The SMILES string of the molecule is CC1CCn2c1c(NC1CCC1)ncc2=O. The average Bonchev–Trinajstić information content (AvgIpc) is 2.59.